The van der Waals surface area contributed by atoms with Gasteiger partial charge in [0.2, 0.25) is 5.91 Å². The lowest BCUT2D eigenvalue weighted by atomic mass is 10.2. The molecule has 94 valence electrons. The second-order valence-electron chi connectivity index (χ2n) is 4.53. The molecule has 0 fully saturated rings. The summed E-state index contributed by atoms with van der Waals surface area (Å²) < 4.78 is 5.16. The van der Waals surface area contributed by atoms with Gasteiger partial charge in [0, 0.05) is 0 Å². The standard InChI is InChI=1S/C10H19NO5/c1-6(12)8(9(14)15)11-7(13)5-16-10(2,3)4/h6,8,12H,5H2,1-4H3,(H,11,13)(H,14,15)/t6-,8+/m1/s1. The zero-order valence-corrected chi connectivity index (χ0v) is 9.98. The van der Waals surface area contributed by atoms with E-state index in [4.69, 9.17) is 14.9 Å². The lowest BCUT2D eigenvalue weighted by molar-refractivity contribution is -0.146. The van der Waals surface area contributed by atoms with Gasteiger partial charge in [-0.05, 0) is 27.7 Å². The van der Waals surface area contributed by atoms with E-state index in [0.29, 0.717) is 0 Å². The van der Waals surface area contributed by atoms with E-state index in [0.717, 1.165) is 0 Å². The summed E-state index contributed by atoms with van der Waals surface area (Å²) in [6.45, 7) is 6.40. The van der Waals surface area contributed by atoms with Crippen LogP contribution in [-0.4, -0.2) is 46.4 Å². The van der Waals surface area contributed by atoms with E-state index in [1.807, 2.05) is 0 Å². The van der Waals surface area contributed by atoms with Crippen LogP contribution in [0, 0.1) is 0 Å². The van der Waals surface area contributed by atoms with E-state index >= 15 is 0 Å². The van der Waals surface area contributed by atoms with Crippen LogP contribution in [0.1, 0.15) is 27.7 Å². The van der Waals surface area contributed by atoms with Crippen molar-refractivity contribution in [1.29, 1.82) is 0 Å². The first kappa shape index (κ1) is 14.9. The predicted octanol–water partition coefficient (Wildman–Crippen LogP) is -0.248. The lowest BCUT2D eigenvalue weighted by Crippen LogP contribution is -2.49. The molecule has 6 nitrogen and oxygen atoms in total. The van der Waals surface area contributed by atoms with Crippen LogP contribution in [0.15, 0.2) is 0 Å². The van der Waals surface area contributed by atoms with Crippen molar-refractivity contribution in [2.45, 2.75) is 45.4 Å². The summed E-state index contributed by atoms with van der Waals surface area (Å²) in [6.07, 6.45) is -1.16. The molecule has 0 radical (unpaired) electrons. The fraction of sp³-hybridized carbons (Fsp3) is 0.800. The number of ether oxygens (including phenoxy) is 1. The molecule has 0 bridgehead atoms. The number of nitrogens with one attached hydrogen (secondary N) is 1. The smallest absolute Gasteiger partial charge is 0.328 e. The minimum absolute atomic E-state index is 0.236. The van der Waals surface area contributed by atoms with Crippen molar-refractivity contribution in [2.24, 2.45) is 0 Å². The van der Waals surface area contributed by atoms with Gasteiger partial charge in [0.25, 0.3) is 0 Å². The van der Waals surface area contributed by atoms with Gasteiger partial charge in [0.05, 0.1) is 11.7 Å². The number of hydrogen-bond donors (Lipinski definition) is 3. The first-order chi connectivity index (χ1) is 7.13. The third-order valence-corrected chi connectivity index (χ3v) is 1.70. The molecule has 0 rings (SSSR count). The van der Waals surface area contributed by atoms with Gasteiger partial charge in [0.1, 0.15) is 6.61 Å². The Balaban J connectivity index is 4.17. The Kier molecular flexibility index (Phi) is 5.40. The maximum absolute atomic E-state index is 11.3. The van der Waals surface area contributed by atoms with Gasteiger partial charge in [-0.2, -0.15) is 0 Å². The summed E-state index contributed by atoms with van der Waals surface area (Å²) in [6, 6.07) is -1.31. The molecule has 0 aliphatic carbocycles. The molecule has 0 aliphatic heterocycles. The summed E-state index contributed by atoms with van der Waals surface area (Å²) in [5, 5.41) is 20.0. The van der Waals surface area contributed by atoms with Crippen LogP contribution in [0.25, 0.3) is 0 Å². The van der Waals surface area contributed by atoms with Gasteiger partial charge in [-0.3, -0.25) is 4.79 Å². The Morgan fingerprint density at radius 1 is 1.38 bits per heavy atom. The number of carboxylic acid groups (broad SMARTS) is 1. The number of aliphatic hydroxyl groups is 1. The molecule has 0 aromatic carbocycles. The third kappa shape index (κ3) is 6.36. The fourth-order valence-electron chi connectivity index (χ4n) is 0.886. The van der Waals surface area contributed by atoms with E-state index in [1.54, 1.807) is 20.8 Å². The highest BCUT2D eigenvalue weighted by Crippen LogP contribution is 2.05. The second kappa shape index (κ2) is 5.81. The normalized spacial score (nSPS) is 15.3. The maximum atomic E-state index is 11.3. The van der Waals surface area contributed by atoms with Crippen molar-refractivity contribution in [3.05, 3.63) is 0 Å². The number of carboxylic acids is 1. The number of aliphatic carboxylic acids is 1. The van der Waals surface area contributed by atoms with Crippen LogP contribution in [0.5, 0.6) is 0 Å². The van der Waals surface area contributed by atoms with Crippen LogP contribution < -0.4 is 5.32 Å². The summed E-state index contributed by atoms with van der Waals surface area (Å²) in [5.41, 5.74) is -0.471. The van der Waals surface area contributed by atoms with E-state index in [9.17, 15) is 9.59 Å². The molecule has 0 unspecified atom stereocenters. The number of amides is 1. The van der Waals surface area contributed by atoms with Gasteiger partial charge in [-0.25, -0.2) is 4.79 Å². The molecular weight excluding hydrogens is 214 g/mol. The topological polar surface area (TPSA) is 95.9 Å². The minimum atomic E-state index is -1.31. The Morgan fingerprint density at radius 3 is 2.19 bits per heavy atom. The lowest BCUT2D eigenvalue weighted by Gasteiger charge is -2.21. The molecule has 3 N–H and O–H groups in total. The van der Waals surface area contributed by atoms with Gasteiger partial charge in [0.15, 0.2) is 6.04 Å². The molecule has 0 aromatic heterocycles. The predicted molar refractivity (Wildman–Crippen MR) is 57.0 cm³/mol. The van der Waals surface area contributed by atoms with Gasteiger partial charge >= 0.3 is 5.97 Å². The van der Waals surface area contributed by atoms with Crippen molar-refractivity contribution >= 4 is 11.9 Å². The number of rotatable bonds is 5. The zero-order valence-electron chi connectivity index (χ0n) is 9.98. The Morgan fingerprint density at radius 2 is 1.88 bits per heavy atom. The highest BCUT2D eigenvalue weighted by atomic mass is 16.5. The van der Waals surface area contributed by atoms with E-state index in [2.05, 4.69) is 5.32 Å². The van der Waals surface area contributed by atoms with E-state index in [-0.39, 0.29) is 6.61 Å². The summed E-state index contributed by atoms with van der Waals surface area (Å²) in [5.74, 6) is -1.85. The summed E-state index contributed by atoms with van der Waals surface area (Å²) >= 11 is 0. The molecular formula is C10H19NO5. The minimum Gasteiger partial charge on any atom is -0.480 e. The molecule has 0 aromatic rings. The first-order valence-electron chi connectivity index (χ1n) is 4.97. The van der Waals surface area contributed by atoms with Crippen LogP contribution in [0.3, 0.4) is 0 Å². The van der Waals surface area contributed by atoms with Crippen molar-refractivity contribution < 1.29 is 24.5 Å². The van der Waals surface area contributed by atoms with Crippen LogP contribution in [0.4, 0.5) is 0 Å². The van der Waals surface area contributed by atoms with Crippen molar-refractivity contribution in [3.63, 3.8) is 0 Å². The monoisotopic (exact) mass is 233 g/mol. The van der Waals surface area contributed by atoms with Gasteiger partial charge in [-0.15, -0.1) is 0 Å². The van der Waals surface area contributed by atoms with Crippen molar-refractivity contribution in [2.75, 3.05) is 6.61 Å². The number of hydrogen-bond acceptors (Lipinski definition) is 4. The Hall–Kier alpha value is -1.14. The number of aliphatic hydroxyl groups excluding tert-OH is 1. The quantitative estimate of drug-likeness (QED) is 0.608. The maximum Gasteiger partial charge on any atom is 0.328 e. The van der Waals surface area contributed by atoms with Crippen LogP contribution in [-0.2, 0) is 14.3 Å². The number of carbonyl (C=O) groups excluding carboxylic acids is 1. The van der Waals surface area contributed by atoms with Gasteiger partial charge < -0.3 is 20.3 Å². The second-order valence-corrected chi connectivity index (χ2v) is 4.53. The van der Waals surface area contributed by atoms with Crippen LogP contribution >= 0.6 is 0 Å². The van der Waals surface area contributed by atoms with Crippen molar-refractivity contribution in [1.82, 2.24) is 5.32 Å². The first-order valence-corrected chi connectivity index (χ1v) is 4.97. The summed E-state index contributed by atoms with van der Waals surface area (Å²) in [7, 11) is 0. The molecule has 1 amide bonds. The Labute approximate surface area is 94.6 Å². The van der Waals surface area contributed by atoms with Crippen LogP contribution in [0.2, 0.25) is 0 Å². The summed E-state index contributed by atoms with van der Waals surface area (Å²) in [4.78, 5) is 22.0. The SMILES string of the molecule is C[C@@H](O)[C@H](NC(=O)COC(C)(C)C)C(=O)O. The highest BCUT2D eigenvalue weighted by Gasteiger charge is 2.25. The molecule has 2 atom stereocenters. The molecule has 0 spiro atoms. The molecule has 0 saturated carbocycles. The van der Waals surface area contributed by atoms with Crippen molar-refractivity contribution in [3.8, 4) is 0 Å². The van der Waals surface area contributed by atoms with E-state index < -0.39 is 29.6 Å². The molecule has 16 heavy (non-hydrogen) atoms. The molecule has 6 heteroatoms. The molecule has 0 aliphatic rings. The molecule has 0 heterocycles. The van der Waals surface area contributed by atoms with E-state index in [1.165, 1.54) is 6.92 Å². The zero-order chi connectivity index (χ0) is 12.9. The molecule has 0 saturated heterocycles. The average Bonchev–Trinajstić information content (AvgIpc) is 2.08. The number of carbonyl (C=O) groups is 2. The van der Waals surface area contributed by atoms with Gasteiger partial charge in [-0.1, -0.05) is 0 Å². The highest BCUT2D eigenvalue weighted by molar-refractivity contribution is 5.84. The average molecular weight is 233 g/mol. The third-order valence-electron chi connectivity index (χ3n) is 1.70. The fourth-order valence-corrected chi connectivity index (χ4v) is 0.886. The Bertz CT molecular complexity index is 256. The largest absolute Gasteiger partial charge is 0.480 e.